The van der Waals surface area contributed by atoms with Crippen molar-refractivity contribution >= 4 is 21.4 Å². The summed E-state index contributed by atoms with van der Waals surface area (Å²) in [7, 11) is 0. The molecule has 0 aliphatic heterocycles. The van der Waals surface area contributed by atoms with Crippen molar-refractivity contribution < 1.29 is 4.74 Å². The maximum Gasteiger partial charge on any atom is 0.148 e. The Kier molecular flexibility index (Phi) is 2.20. The van der Waals surface area contributed by atoms with Gasteiger partial charge in [-0.15, -0.1) is 17.8 Å². The maximum absolute atomic E-state index is 5.40. The molecule has 0 amide bonds. The van der Waals surface area contributed by atoms with Gasteiger partial charge >= 0.3 is 0 Å². The van der Waals surface area contributed by atoms with E-state index in [1.54, 1.807) is 11.3 Å². The third-order valence-corrected chi connectivity index (χ3v) is 2.65. The molecule has 0 atom stereocenters. The number of terminal acetylenes is 1. The van der Waals surface area contributed by atoms with Crippen LogP contribution in [0.2, 0.25) is 0 Å². The standard InChI is InChI=1S/C11H8OS/c1-2-7-12-10-4-3-5-11-9(10)6-8-13-11/h1,3-6,8H,7H2. The first-order chi connectivity index (χ1) is 6.42. The zero-order chi connectivity index (χ0) is 9.10. The minimum absolute atomic E-state index is 0.328. The highest BCUT2D eigenvalue weighted by Crippen LogP contribution is 2.29. The fourth-order valence-electron chi connectivity index (χ4n) is 1.21. The van der Waals surface area contributed by atoms with E-state index in [2.05, 4.69) is 12.0 Å². The molecule has 1 nitrogen and oxygen atoms in total. The minimum Gasteiger partial charge on any atom is -0.480 e. The third kappa shape index (κ3) is 1.51. The Morgan fingerprint density at radius 2 is 2.31 bits per heavy atom. The average Bonchev–Trinajstić information content (AvgIpc) is 2.62. The highest BCUT2D eigenvalue weighted by molar-refractivity contribution is 7.17. The van der Waals surface area contributed by atoms with Crippen LogP contribution in [0.5, 0.6) is 5.75 Å². The largest absolute Gasteiger partial charge is 0.480 e. The van der Waals surface area contributed by atoms with Crippen molar-refractivity contribution in [1.29, 1.82) is 0 Å². The van der Waals surface area contributed by atoms with Crippen molar-refractivity contribution in [3.05, 3.63) is 29.6 Å². The van der Waals surface area contributed by atoms with E-state index in [-0.39, 0.29) is 0 Å². The molecule has 1 aromatic heterocycles. The summed E-state index contributed by atoms with van der Waals surface area (Å²) >= 11 is 1.70. The van der Waals surface area contributed by atoms with Crippen LogP contribution in [-0.4, -0.2) is 6.61 Å². The summed E-state index contributed by atoms with van der Waals surface area (Å²) in [6.45, 7) is 0.328. The molecule has 2 heteroatoms. The van der Waals surface area contributed by atoms with Crippen molar-refractivity contribution in [2.75, 3.05) is 6.61 Å². The predicted molar refractivity (Wildman–Crippen MR) is 56.2 cm³/mol. The Morgan fingerprint density at radius 1 is 1.38 bits per heavy atom. The van der Waals surface area contributed by atoms with Crippen molar-refractivity contribution in [2.45, 2.75) is 0 Å². The van der Waals surface area contributed by atoms with Gasteiger partial charge in [-0.1, -0.05) is 12.0 Å². The van der Waals surface area contributed by atoms with Gasteiger partial charge in [-0.25, -0.2) is 0 Å². The predicted octanol–water partition coefficient (Wildman–Crippen LogP) is 2.91. The molecule has 13 heavy (non-hydrogen) atoms. The maximum atomic E-state index is 5.40. The topological polar surface area (TPSA) is 9.23 Å². The van der Waals surface area contributed by atoms with Crippen LogP contribution in [0.15, 0.2) is 29.6 Å². The van der Waals surface area contributed by atoms with Crippen molar-refractivity contribution in [3.63, 3.8) is 0 Å². The van der Waals surface area contributed by atoms with Gasteiger partial charge in [0, 0.05) is 10.1 Å². The van der Waals surface area contributed by atoms with Crippen LogP contribution in [0.1, 0.15) is 0 Å². The molecule has 0 bridgehead atoms. The molecule has 0 spiro atoms. The molecule has 0 unspecified atom stereocenters. The molecule has 0 fully saturated rings. The van der Waals surface area contributed by atoms with E-state index in [0.29, 0.717) is 6.61 Å². The highest BCUT2D eigenvalue weighted by atomic mass is 32.1. The van der Waals surface area contributed by atoms with E-state index >= 15 is 0 Å². The number of rotatable bonds is 2. The molecular formula is C11H8OS. The normalized spacial score (nSPS) is 9.77. The highest BCUT2D eigenvalue weighted by Gasteiger charge is 2.00. The molecule has 0 aliphatic rings. The molecule has 2 rings (SSSR count). The van der Waals surface area contributed by atoms with Crippen LogP contribution >= 0.6 is 11.3 Å². The zero-order valence-corrected chi connectivity index (χ0v) is 7.80. The first kappa shape index (κ1) is 8.15. The summed E-state index contributed by atoms with van der Waals surface area (Å²) in [5.41, 5.74) is 0. The van der Waals surface area contributed by atoms with Crippen molar-refractivity contribution in [2.24, 2.45) is 0 Å². The van der Waals surface area contributed by atoms with Crippen LogP contribution < -0.4 is 4.74 Å². The second kappa shape index (κ2) is 3.51. The van der Waals surface area contributed by atoms with Gasteiger partial charge in [0.1, 0.15) is 12.4 Å². The lowest BCUT2D eigenvalue weighted by atomic mass is 10.2. The second-order valence-corrected chi connectivity index (χ2v) is 3.53. The van der Waals surface area contributed by atoms with Crippen LogP contribution in [0, 0.1) is 12.3 Å². The van der Waals surface area contributed by atoms with Crippen LogP contribution in [0.25, 0.3) is 10.1 Å². The first-order valence-corrected chi connectivity index (χ1v) is 4.82. The van der Waals surface area contributed by atoms with E-state index < -0.39 is 0 Å². The summed E-state index contributed by atoms with van der Waals surface area (Å²) in [6, 6.07) is 8.03. The molecule has 0 saturated carbocycles. The summed E-state index contributed by atoms with van der Waals surface area (Å²) in [5.74, 6) is 3.33. The van der Waals surface area contributed by atoms with Crippen molar-refractivity contribution in [3.8, 4) is 18.1 Å². The molecule has 0 N–H and O–H groups in total. The van der Waals surface area contributed by atoms with E-state index in [9.17, 15) is 0 Å². The Labute approximate surface area is 81.0 Å². The Hall–Kier alpha value is -1.46. The third-order valence-electron chi connectivity index (χ3n) is 1.77. The van der Waals surface area contributed by atoms with Gasteiger partial charge in [0.25, 0.3) is 0 Å². The molecule has 64 valence electrons. The summed E-state index contributed by atoms with van der Waals surface area (Å²) < 4.78 is 6.63. The monoisotopic (exact) mass is 188 g/mol. The van der Waals surface area contributed by atoms with Gasteiger partial charge in [-0.3, -0.25) is 0 Å². The average molecular weight is 188 g/mol. The molecule has 0 radical (unpaired) electrons. The van der Waals surface area contributed by atoms with Gasteiger partial charge in [-0.05, 0) is 23.6 Å². The second-order valence-electron chi connectivity index (χ2n) is 2.58. The van der Waals surface area contributed by atoms with Crippen LogP contribution in [0.3, 0.4) is 0 Å². The Morgan fingerprint density at radius 3 is 3.15 bits per heavy atom. The fourth-order valence-corrected chi connectivity index (χ4v) is 2.02. The summed E-state index contributed by atoms with van der Waals surface area (Å²) in [4.78, 5) is 0. The minimum atomic E-state index is 0.328. The number of fused-ring (bicyclic) bond motifs is 1. The first-order valence-electron chi connectivity index (χ1n) is 3.94. The summed E-state index contributed by atoms with van der Waals surface area (Å²) in [6.07, 6.45) is 5.12. The van der Waals surface area contributed by atoms with Crippen LogP contribution in [-0.2, 0) is 0 Å². The van der Waals surface area contributed by atoms with Gasteiger partial charge in [0.15, 0.2) is 0 Å². The zero-order valence-electron chi connectivity index (χ0n) is 6.99. The SMILES string of the molecule is C#CCOc1cccc2sccc12. The number of hydrogen-bond donors (Lipinski definition) is 0. The molecule has 2 aromatic rings. The van der Waals surface area contributed by atoms with Gasteiger partial charge in [0.2, 0.25) is 0 Å². The van der Waals surface area contributed by atoms with Gasteiger partial charge in [0.05, 0.1) is 0 Å². The lowest BCUT2D eigenvalue weighted by molar-refractivity contribution is 0.375. The number of ether oxygens (including phenoxy) is 1. The van der Waals surface area contributed by atoms with E-state index in [1.807, 2.05) is 23.6 Å². The van der Waals surface area contributed by atoms with Gasteiger partial charge in [-0.2, -0.15) is 0 Å². The molecule has 1 heterocycles. The molecular weight excluding hydrogens is 180 g/mol. The van der Waals surface area contributed by atoms with E-state index in [4.69, 9.17) is 11.2 Å². The van der Waals surface area contributed by atoms with E-state index in [0.717, 1.165) is 11.1 Å². The number of thiophene rings is 1. The molecule has 1 aromatic carbocycles. The van der Waals surface area contributed by atoms with Crippen molar-refractivity contribution in [1.82, 2.24) is 0 Å². The molecule has 0 saturated heterocycles. The number of hydrogen-bond acceptors (Lipinski definition) is 2. The molecule has 0 aliphatic carbocycles. The Balaban J connectivity index is 2.44. The smallest absolute Gasteiger partial charge is 0.148 e. The lowest BCUT2D eigenvalue weighted by Gasteiger charge is -2.02. The fraction of sp³-hybridized carbons (Fsp3) is 0.0909. The van der Waals surface area contributed by atoms with Crippen LogP contribution in [0.4, 0.5) is 0 Å². The number of benzene rings is 1. The van der Waals surface area contributed by atoms with Gasteiger partial charge < -0.3 is 4.74 Å². The quantitative estimate of drug-likeness (QED) is 0.658. The lowest BCUT2D eigenvalue weighted by Crippen LogP contribution is -1.92. The summed E-state index contributed by atoms with van der Waals surface area (Å²) in [5, 5.41) is 3.19. The Bertz CT molecular complexity index is 450. The van der Waals surface area contributed by atoms with E-state index in [1.165, 1.54) is 4.70 Å².